The molecule has 2 saturated carbocycles. The number of piperidine rings is 1. The maximum atomic E-state index is 12.1. The summed E-state index contributed by atoms with van der Waals surface area (Å²) in [5.74, 6) is 5.90. The highest BCUT2D eigenvalue weighted by Crippen LogP contribution is 2.67. The maximum Gasteiger partial charge on any atom is 0.224 e. The van der Waals surface area contributed by atoms with E-state index in [1.165, 1.54) is 50.6 Å². The van der Waals surface area contributed by atoms with Crippen LogP contribution in [0.1, 0.15) is 99.3 Å². The molecule has 1 saturated heterocycles. The first-order valence-electron chi connectivity index (χ1n) is 12.7. The highest BCUT2D eigenvalue weighted by atomic mass is 16.1. The number of fused-ring (bicyclic) bond motifs is 5. The molecular weight excluding hydrogens is 354 g/mol. The average molecular weight is 400 g/mol. The summed E-state index contributed by atoms with van der Waals surface area (Å²) < 4.78 is 0. The van der Waals surface area contributed by atoms with Crippen LogP contribution in [-0.4, -0.2) is 5.91 Å². The Balaban J connectivity index is 1.54. The minimum absolute atomic E-state index is 0.202. The van der Waals surface area contributed by atoms with Crippen LogP contribution >= 0.6 is 0 Å². The second-order valence-corrected chi connectivity index (χ2v) is 12.2. The van der Waals surface area contributed by atoms with Gasteiger partial charge in [0.1, 0.15) is 0 Å². The molecule has 1 amide bonds. The van der Waals surface area contributed by atoms with E-state index in [-0.39, 0.29) is 11.3 Å². The van der Waals surface area contributed by atoms with Gasteiger partial charge in [0.05, 0.1) is 0 Å². The fourth-order valence-corrected chi connectivity index (χ4v) is 8.55. The van der Waals surface area contributed by atoms with Gasteiger partial charge in [-0.15, -0.1) is 0 Å². The summed E-state index contributed by atoms with van der Waals surface area (Å²) in [7, 11) is 0. The normalized spacial score (nSPS) is 45.1. The third-order valence-corrected chi connectivity index (χ3v) is 10.1. The van der Waals surface area contributed by atoms with Crippen LogP contribution in [0.5, 0.6) is 0 Å². The second kappa shape index (κ2) is 7.72. The van der Waals surface area contributed by atoms with Gasteiger partial charge < -0.3 is 5.32 Å². The van der Waals surface area contributed by atoms with Gasteiger partial charge in [0.15, 0.2) is 0 Å². The molecule has 2 heteroatoms. The van der Waals surface area contributed by atoms with Crippen LogP contribution in [-0.2, 0) is 4.79 Å². The lowest BCUT2D eigenvalue weighted by Crippen LogP contribution is -2.55. The van der Waals surface area contributed by atoms with Crippen LogP contribution < -0.4 is 5.32 Å². The number of rotatable bonds is 5. The number of carbonyl (C=O) groups excluding carboxylic acids is 1. The first-order chi connectivity index (χ1) is 13.7. The van der Waals surface area contributed by atoms with Crippen LogP contribution in [0.15, 0.2) is 11.8 Å². The number of amides is 1. The number of hydrogen-bond donors (Lipinski definition) is 1. The third-order valence-electron chi connectivity index (χ3n) is 10.1. The molecule has 0 aromatic carbocycles. The molecule has 0 spiro atoms. The van der Waals surface area contributed by atoms with Gasteiger partial charge in [0.25, 0.3) is 0 Å². The van der Waals surface area contributed by atoms with Crippen molar-refractivity contribution in [3.63, 3.8) is 0 Å². The predicted octanol–water partition coefficient (Wildman–Crippen LogP) is 6.96. The first kappa shape index (κ1) is 21.4. The number of allylic oxidation sites excluding steroid dienone is 2. The summed E-state index contributed by atoms with van der Waals surface area (Å²) in [4.78, 5) is 12.1. The van der Waals surface area contributed by atoms with Crippen molar-refractivity contribution >= 4 is 5.91 Å². The molecule has 0 bridgehead atoms. The highest BCUT2D eigenvalue weighted by molar-refractivity contribution is 5.79. The van der Waals surface area contributed by atoms with E-state index >= 15 is 0 Å². The lowest BCUT2D eigenvalue weighted by Gasteiger charge is -2.59. The van der Waals surface area contributed by atoms with E-state index in [1.807, 2.05) is 0 Å². The summed E-state index contributed by atoms with van der Waals surface area (Å²) in [6.45, 7) is 14.9. The van der Waals surface area contributed by atoms with Gasteiger partial charge in [0.2, 0.25) is 5.91 Å². The zero-order valence-electron chi connectivity index (χ0n) is 19.9. The van der Waals surface area contributed by atoms with Crippen molar-refractivity contribution in [3.8, 4) is 0 Å². The van der Waals surface area contributed by atoms with Crippen molar-refractivity contribution in [2.75, 3.05) is 0 Å². The van der Waals surface area contributed by atoms with Crippen molar-refractivity contribution in [1.29, 1.82) is 0 Å². The van der Waals surface area contributed by atoms with Crippen molar-refractivity contribution < 1.29 is 4.79 Å². The minimum Gasteiger partial charge on any atom is -0.330 e. The third kappa shape index (κ3) is 3.51. The molecule has 0 radical (unpaired) electrons. The summed E-state index contributed by atoms with van der Waals surface area (Å²) in [6.07, 6.45) is 14.1. The minimum atomic E-state index is 0.202. The van der Waals surface area contributed by atoms with Gasteiger partial charge in [-0.2, -0.15) is 0 Å². The molecule has 4 rings (SSSR count). The van der Waals surface area contributed by atoms with Crippen LogP contribution in [0, 0.1) is 52.3 Å². The lowest BCUT2D eigenvalue weighted by molar-refractivity contribution is -0.126. The number of carbonyl (C=O) groups is 1. The molecule has 1 N–H and O–H groups in total. The molecule has 164 valence electrons. The molecule has 0 unspecified atom stereocenters. The summed E-state index contributed by atoms with van der Waals surface area (Å²) in [6, 6.07) is 0. The molecule has 29 heavy (non-hydrogen) atoms. The molecule has 4 aliphatic rings. The molecule has 8 atom stereocenters. The van der Waals surface area contributed by atoms with Gasteiger partial charge in [-0.05, 0) is 78.9 Å². The van der Waals surface area contributed by atoms with Crippen molar-refractivity contribution in [1.82, 2.24) is 5.32 Å². The Labute approximate surface area is 179 Å². The average Bonchev–Trinajstić information content (AvgIpc) is 3.00. The molecule has 0 aromatic rings. The molecule has 2 nitrogen and oxygen atoms in total. The Kier molecular flexibility index (Phi) is 5.71. The summed E-state index contributed by atoms with van der Waals surface area (Å²) in [5, 5.41) is 3.27. The fraction of sp³-hybridized carbons (Fsp3) is 0.889. The zero-order valence-corrected chi connectivity index (χ0v) is 19.9. The monoisotopic (exact) mass is 399 g/mol. The van der Waals surface area contributed by atoms with Crippen LogP contribution in [0.4, 0.5) is 0 Å². The molecule has 1 heterocycles. The topological polar surface area (TPSA) is 29.1 Å². The van der Waals surface area contributed by atoms with Crippen LogP contribution in [0.3, 0.4) is 0 Å². The van der Waals surface area contributed by atoms with Gasteiger partial charge in [-0.25, -0.2) is 0 Å². The van der Waals surface area contributed by atoms with E-state index in [1.54, 1.807) is 0 Å². The van der Waals surface area contributed by atoms with Crippen molar-refractivity contribution in [3.05, 3.63) is 11.8 Å². The first-order valence-corrected chi connectivity index (χ1v) is 12.7. The van der Waals surface area contributed by atoms with E-state index in [4.69, 9.17) is 0 Å². The van der Waals surface area contributed by atoms with E-state index < -0.39 is 0 Å². The van der Waals surface area contributed by atoms with E-state index in [2.05, 4.69) is 52.9 Å². The Morgan fingerprint density at radius 3 is 2.55 bits per heavy atom. The van der Waals surface area contributed by atoms with Crippen LogP contribution in [0.2, 0.25) is 0 Å². The van der Waals surface area contributed by atoms with Gasteiger partial charge >= 0.3 is 0 Å². The second-order valence-electron chi connectivity index (χ2n) is 12.2. The maximum absolute atomic E-state index is 12.1. The summed E-state index contributed by atoms with van der Waals surface area (Å²) in [5.41, 5.74) is 2.00. The zero-order chi connectivity index (χ0) is 21.0. The van der Waals surface area contributed by atoms with Crippen molar-refractivity contribution in [2.45, 2.75) is 99.3 Å². The Morgan fingerprint density at radius 1 is 1.07 bits per heavy atom. The SMILES string of the molecule is CC(C)CCC[C@@H](C)[C@H]1CC[C@H]2[C@@H]3[C@@H](C)C=C4NC(=O)CC[C@]4(C)[C@H]3CC[C@]12C. The standard InChI is InChI=1S/C27H45NO/c1-17(2)8-7-9-18(3)20-10-11-21-25-19(4)16-23-27(6,15-13-24(29)28-23)22(25)12-14-26(20,21)5/h16-22,25H,7-15H2,1-6H3,(H,28,29)/t18-,19+,20-,21+,22+,25+,26-,27-/m1/s1. The molecule has 1 aliphatic heterocycles. The molecular formula is C27H45NO. The van der Waals surface area contributed by atoms with Gasteiger partial charge in [0, 0.05) is 17.5 Å². The fourth-order valence-electron chi connectivity index (χ4n) is 8.55. The predicted molar refractivity (Wildman–Crippen MR) is 121 cm³/mol. The molecule has 3 aliphatic carbocycles. The Bertz CT molecular complexity index is 665. The summed E-state index contributed by atoms with van der Waals surface area (Å²) >= 11 is 0. The Morgan fingerprint density at radius 2 is 1.83 bits per heavy atom. The largest absolute Gasteiger partial charge is 0.330 e. The molecule has 3 fully saturated rings. The van der Waals surface area contributed by atoms with Gasteiger partial charge in [-0.1, -0.05) is 66.9 Å². The van der Waals surface area contributed by atoms with E-state index in [0.29, 0.717) is 17.8 Å². The smallest absolute Gasteiger partial charge is 0.224 e. The highest BCUT2D eigenvalue weighted by Gasteiger charge is 2.60. The van der Waals surface area contributed by atoms with E-state index in [9.17, 15) is 4.79 Å². The Hall–Kier alpha value is -0.790. The quantitative estimate of drug-likeness (QED) is 0.532. The van der Waals surface area contributed by atoms with Crippen molar-refractivity contribution in [2.24, 2.45) is 52.3 Å². The molecule has 0 aromatic heterocycles. The van der Waals surface area contributed by atoms with Crippen LogP contribution in [0.25, 0.3) is 0 Å². The van der Waals surface area contributed by atoms with E-state index in [0.717, 1.165) is 41.9 Å². The van der Waals surface area contributed by atoms with Gasteiger partial charge in [-0.3, -0.25) is 4.79 Å². The lowest BCUT2D eigenvalue weighted by atomic mass is 9.46. The number of hydrogen-bond acceptors (Lipinski definition) is 1. The number of nitrogens with one attached hydrogen (secondary N) is 1.